The van der Waals surface area contributed by atoms with E-state index in [0.717, 1.165) is 29.9 Å². The largest absolute Gasteiger partial charge is 0.399 e. The van der Waals surface area contributed by atoms with Crippen LogP contribution in [-0.2, 0) is 6.42 Å². The van der Waals surface area contributed by atoms with Crippen LogP contribution >= 0.6 is 0 Å². The van der Waals surface area contributed by atoms with E-state index in [1.165, 1.54) is 5.56 Å². The molecule has 0 aliphatic rings. The lowest BCUT2D eigenvalue weighted by atomic mass is 10.0. The van der Waals surface area contributed by atoms with Crippen LogP contribution in [0, 0.1) is 6.92 Å². The second-order valence-corrected chi connectivity index (χ2v) is 3.90. The number of nitrogen functional groups attached to an aromatic ring is 2. The molecule has 1 aromatic carbocycles. The first-order valence-electron chi connectivity index (χ1n) is 4.80. The van der Waals surface area contributed by atoms with Crippen molar-refractivity contribution >= 4 is 11.4 Å². The maximum Gasteiger partial charge on any atom is 0.0351 e. The van der Waals surface area contributed by atoms with Crippen LogP contribution in [0.2, 0.25) is 0 Å². The standard InChI is InChI=1S/C11H19N3/c1-8-9(6-7-14(2)3)11(13)5-4-10(8)12/h4-5H,6-7,12-13H2,1-3H3. The van der Waals surface area contributed by atoms with Gasteiger partial charge >= 0.3 is 0 Å². The minimum absolute atomic E-state index is 0.827. The van der Waals surface area contributed by atoms with Gasteiger partial charge in [-0.05, 0) is 50.7 Å². The molecular weight excluding hydrogens is 174 g/mol. The molecule has 0 saturated heterocycles. The Hall–Kier alpha value is -1.22. The van der Waals surface area contributed by atoms with E-state index in [2.05, 4.69) is 19.0 Å². The SMILES string of the molecule is Cc1c(N)ccc(N)c1CCN(C)C. The van der Waals surface area contributed by atoms with Crippen LogP contribution in [0.15, 0.2) is 12.1 Å². The highest BCUT2D eigenvalue weighted by molar-refractivity contribution is 5.61. The molecule has 0 fully saturated rings. The van der Waals surface area contributed by atoms with Crippen molar-refractivity contribution in [2.45, 2.75) is 13.3 Å². The summed E-state index contributed by atoms with van der Waals surface area (Å²) >= 11 is 0. The molecule has 0 spiro atoms. The van der Waals surface area contributed by atoms with Gasteiger partial charge in [-0.3, -0.25) is 0 Å². The molecule has 0 atom stereocenters. The zero-order valence-corrected chi connectivity index (χ0v) is 9.17. The quantitative estimate of drug-likeness (QED) is 0.711. The topological polar surface area (TPSA) is 55.3 Å². The molecule has 0 unspecified atom stereocenters. The fourth-order valence-electron chi connectivity index (χ4n) is 1.46. The summed E-state index contributed by atoms with van der Waals surface area (Å²) in [5, 5.41) is 0. The molecule has 0 aliphatic heterocycles. The van der Waals surface area contributed by atoms with Crippen molar-refractivity contribution in [3.05, 3.63) is 23.3 Å². The van der Waals surface area contributed by atoms with Crippen molar-refractivity contribution in [3.8, 4) is 0 Å². The highest BCUT2D eigenvalue weighted by Crippen LogP contribution is 2.22. The molecule has 1 rings (SSSR count). The van der Waals surface area contributed by atoms with E-state index in [1.54, 1.807) is 0 Å². The smallest absolute Gasteiger partial charge is 0.0351 e. The molecule has 78 valence electrons. The van der Waals surface area contributed by atoms with Crippen LogP contribution in [-0.4, -0.2) is 25.5 Å². The van der Waals surface area contributed by atoms with Gasteiger partial charge < -0.3 is 16.4 Å². The molecule has 0 radical (unpaired) electrons. The Labute approximate surface area is 85.7 Å². The maximum atomic E-state index is 5.90. The molecule has 0 amide bonds. The Morgan fingerprint density at radius 2 is 1.71 bits per heavy atom. The van der Waals surface area contributed by atoms with Crippen molar-refractivity contribution < 1.29 is 0 Å². The molecule has 1 aromatic rings. The highest BCUT2D eigenvalue weighted by atomic mass is 15.0. The number of rotatable bonds is 3. The van der Waals surface area contributed by atoms with Gasteiger partial charge in [0, 0.05) is 17.9 Å². The van der Waals surface area contributed by atoms with Crippen LogP contribution in [0.4, 0.5) is 11.4 Å². The summed E-state index contributed by atoms with van der Waals surface area (Å²) < 4.78 is 0. The Morgan fingerprint density at radius 1 is 1.14 bits per heavy atom. The summed E-state index contributed by atoms with van der Waals surface area (Å²) in [6, 6.07) is 3.75. The normalized spacial score (nSPS) is 10.9. The van der Waals surface area contributed by atoms with Crippen LogP contribution in [0.3, 0.4) is 0 Å². The summed E-state index contributed by atoms with van der Waals surface area (Å²) in [5.74, 6) is 0. The lowest BCUT2D eigenvalue weighted by Crippen LogP contribution is -2.16. The molecule has 14 heavy (non-hydrogen) atoms. The van der Waals surface area contributed by atoms with Crippen molar-refractivity contribution in [3.63, 3.8) is 0 Å². The second kappa shape index (κ2) is 4.33. The van der Waals surface area contributed by atoms with Gasteiger partial charge in [0.15, 0.2) is 0 Å². The van der Waals surface area contributed by atoms with E-state index in [9.17, 15) is 0 Å². The third kappa shape index (κ3) is 2.39. The molecule has 0 aliphatic carbocycles. The van der Waals surface area contributed by atoms with E-state index in [1.807, 2.05) is 19.1 Å². The van der Waals surface area contributed by atoms with E-state index in [4.69, 9.17) is 11.5 Å². The monoisotopic (exact) mass is 193 g/mol. The fraction of sp³-hybridized carbons (Fsp3) is 0.455. The van der Waals surface area contributed by atoms with Crippen LogP contribution in [0.1, 0.15) is 11.1 Å². The number of hydrogen-bond donors (Lipinski definition) is 2. The average molecular weight is 193 g/mol. The zero-order chi connectivity index (χ0) is 10.7. The maximum absolute atomic E-state index is 5.90. The number of benzene rings is 1. The number of hydrogen-bond acceptors (Lipinski definition) is 3. The molecule has 0 bridgehead atoms. The third-order valence-electron chi connectivity index (χ3n) is 2.49. The summed E-state index contributed by atoms with van der Waals surface area (Å²) in [4.78, 5) is 2.14. The van der Waals surface area contributed by atoms with E-state index >= 15 is 0 Å². The molecule has 4 N–H and O–H groups in total. The lowest BCUT2D eigenvalue weighted by Gasteiger charge is -2.14. The second-order valence-electron chi connectivity index (χ2n) is 3.90. The van der Waals surface area contributed by atoms with Crippen molar-refractivity contribution in [1.29, 1.82) is 0 Å². The zero-order valence-electron chi connectivity index (χ0n) is 9.17. The first-order valence-corrected chi connectivity index (χ1v) is 4.80. The molecule has 3 heteroatoms. The predicted molar refractivity (Wildman–Crippen MR) is 62.3 cm³/mol. The number of anilines is 2. The molecule has 0 aromatic heterocycles. The third-order valence-corrected chi connectivity index (χ3v) is 2.49. The minimum Gasteiger partial charge on any atom is -0.399 e. The number of nitrogens with two attached hydrogens (primary N) is 2. The van der Waals surface area contributed by atoms with Crippen molar-refractivity contribution in [2.75, 3.05) is 32.1 Å². The van der Waals surface area contributed by atoms with Gasteiger partial charge in [0.25, 0.3) is 0 Å². The first kappa shape index (κ1) is 10.9. The molecular formula is C11H19N3. The first-order chi connectivity index (χ1) is 6.52. The number of nitrogens with zero attached hydrogens (tertiary/aromatic N) is 1. The van der Waals surface area contributed by atoms with Gasteiger partial charge in [-0.25, -0.2) is 0 Å². The summed E-state index contributed by atoms with van der Waals surface area (Å²) in [5.41, 5.74) is 15.7. The molecule has 0 heterocycles. The lowest BCUT2D eigenvalue weighted by molar-refractivity contribution is 0.413. The van der Waals surface area contributed by atoms with Gasteiger partial charge in [-0.2, -0.15) is 0 Å². The Kier molecular flexibility index (Phi) is 3.36. The fourth-order valence-corrected chi connectivity index (χ4v) is 1.46. The Balaban J connectivity index is 2.89. The molecule has 3 nitrogen and oxygen atoms in total. The van der Waals surface area contributed by atoms with Gasteiger partial charge in [-0.15, -0.1) is 0 Å². The minimum atomic E-state index is 0.827. The number of likely N-dealkylation sites (N-methyl/N-ethyl adjacent to an activating group) is 1. The van der Waals surface area contributed by atoms with Crippen molar-refractivity contribution in [2.24, 2.45) is 0 Å². The van der Waals surface area contributed by atoms with Crippen LogP contribution in [0.5, 0.6) is 0 Å². The van der Waals surface area contributed by atoms with Gasteiger partial charge in [0.1, 0.15) is 0 Å². The van der Waals surface area contributed by atoms with Crippen LogP contribution in [0.25, 0.3) is 0 Å². The average Bonchev–Trinajstić information content (AvgIpc) is 2.11. The predicted octanol–water partition coefficient (Wildman–Crippen LogP) is 1.26. The van der Waals surface area contributed by atoms with Gasteiger partial charge in [-0.1, -0.05) is 0 Å². The van der Waals surface area contributed by atoms with E-state index in [-0.39, 0.29) is 0 Å². The Morgan fingerprint density at radius 3 is 2.29 bits per heavy atom. The summed E-state index contributed by atoms with van der Waals surface area (Å²) in [6.45, 7) is 3.02. The van der Waals surface area contributed by atoms with Crippen LogP contribution < -0.4 is 11.5 Å². The Bertz CT molecular complexity index is 319. The van der Waals surface area contributed by atoms with E-state index < -0.39 is 0 Å². The summed E-state index contributed by atoms with van der Waals surface area (Å²) in [7, 11) is 4.11. The van der Waals surface area contributed by atoms with Gasteiger partial charge in [0.2, 0.25) is 0 Å². The molecule has 0 saturated carbocycles. The summed E-state index contributed by atoms with van der Waals surface area (Å²) in [6.07, 6.45) is 0.954. The van der Waals surface area contributed by atoms with E-state index in [0.29, 0.717) is 0 Å². The highest BCUT2D eigenvalue weighted by Gasteiger charge is 2.06. The van der Waals surface area contributed by atoms with Gasteiger partial charge in [0.05, 0.1) is 0 Å². The van der Waals surface area contributed by atoms with Crippen molar-refractivity contribution in [1.82, 2.24) is 4.90 Å².